The molecule has 2 heterocycles. The first kappa shape index (κ1) is 30.5. The zero-order valence-electron chi connectivity index (χ0n) is 25.0. The fraction of sp³-hybridized carbons (Fsp3) is 0.324. The van der Waals surface area contributed by atoms with Gasteiger partial charge >= 0.3 is 0 Å². The number of rotatable bonds is 12. The molecule has 0 amide bonds. The number of halogens is 1. The van der Waals surface area contributed by atoms with Crippen LogP contribution in [0.1, 0.15) is 41.7 Å². The molecule has 2 saturated heterocycles. The molecule has 4 aromatic rings. The number of hydrogen-bond donors (Lipinski definition) is 0. The summed E-state index contributed by atoms with van der Waals surface area (Å²) in [7, 11) is 0. The van der Waals surface area contributed by atoms with Crippen LogP contribution in [0.5, 0.6) is 5.75 Å². The van der Waals surface area contributed by atoms with E-state index in [2.05, 4.69) is 0 Å². The molecule has 2 aliphatic heterocycles. The highest BCUT2D eigenvalue weighted by Gasteiger charge is 2.67. The molecule has 228 valence electrons. The molecule has 2 aliphatic rings. The van der Waals surface area contributed by atoms with Crippen LogP contribution in [0.2, 0.25) is 5.02 Å². The second kappa shape index (κ2) is 13.2. The summed E-state index contributed by atoms with van der Waals surface area (Å²) >= 11 is 6.75. The van der Waals surface area contributed by atoms with Gasteiger partial charge in [0.15, 0.2) is 11.9 Å². The maximum absolute atomic E-state index is 12.7. The molecular weight excluding hydrogens is 576 g/mol. The van der Waals surface area contributed by atoms with E-state index in [0.29, 0.717) is 31.3 Å². The Bertz CT molecular complexity index is 1550. The van der Waals surface area contributed by atoms with Gasteiger partial charge in [0.2, 0.25) is 5.79 Å². The van der Waals surface area contributed by atoms with Crippen LogP contribution in [-0.2, 0) is 49.2 Å². The van der Waals surface area contributed by atoms with Gasteiger partial charge in [-0.3, -0.25) is 0 Å². The Morgan fingerprint density at radius 3 is 2.16 bits per heavy atom. The molecule has 0 radical (unpaired) electrons. The Labute approximate surface area is 263 Å². The molecule has 7 heteroatoms. The van der Waals surface area contributed by atoms with Gasteiger partial charge in [0.05, 0.1) is 32.5 Å². The largest absolute Gasteiger partial charge is 0.494 e. The van der Waals surface area contributed by atoms with E-state index < -0.39 is 23.6 Å². The molecule has 2 bridgehead atoms. The van der Waals surface area contributed by atoms with Crippen molar-refractivity contribution >= 4 is 17.9 Å². The van der Waals surface area contributed by atoms with Crippen LogP contribution in [0.25, 0.3) is 0 Å². The molecule has 0 aliphatic carbocycles. The molecule has 0 unspecified atom stereocenters. The van der Waals surface area contributed by atoms with Gasteiger partial charge in [-0.15, -0.1) is 0 Å². The summed E-state index contributed by atoms with van der Waals surface area (Å²) in [5, 5.41) is 0.626. The number of hydrogen-bond acceptors (Lipinski definition) is 6. The first-order chi connectivity index (χ1) is 21.5. The zero-order chi connectivity index (χ0) is 30.6. The highest BCUT2D eigenvalue weighted by atomic mass is 35.5. The number of aldehydes is 1. The fourth-order valence-corrected chi connectivity index (χ4v) is 6.32. The van der Waals surface area contributed by atoms with Gasteiger partial charge in [-0.05, 0) is 59.9 Å². The molecule has 6 rings (SSSR count). The Hall–Kier alpha value is -3.52. The van der Waals surface area contributed by atoms with E-state index in [-0.39, 0.29) is 12.5 Å². The van der Waals surface area contributed by atoms with Crippen molar-refractivity contribution in [3.8, 4) is 5.75 Å². The summed E-state index contributed by atoms with van der Waals surface area (Å²) in [6.07, 6.45) is 0.262. The topological polar surface area (TPSA) is 63.2 Å². The van der Waals surface area contributed by atoms with Gasteiger partial charge in [-0.1, -0.05) is 97.4 Å². The van der Waals surface area contributed by atoms with Crippen molar-refractivity contribution in [2.45, 2.75) is 57.1 Å². The Morgan fingerprint density at radius 1 is 0.864 bits per heavy atom. The SMILES string of the molecule is CCOc1ccc(Cc2cc([C@]34OC[C@](C=O)(O3)[C@@H](C)[C@H](OCc3ccccc3)[C@H]4OCc3ccccc3)ccc2Cl)cc1. The number of carbonyl (C=O) groups is 1. The molecule has 6 nitrogen and oxygen atoms in total. The third-order valence-corrected chi connectivity index (χ3v) is 8.99. The third kappa shape index (κ3) is 6.06. The lowest BCUT2D eigenvalue weighted by Crippen LogP contribution is -2.62. The number of benzene rings is 4. The van der Waals surface area contributed by atoms with E-state index >= 15 is 0 Å². The molecule has 2 fully saturated rings. The van der Waals surface area contributed by atoms with Crippen molar-refractivity contribution in [2.24, 2.45) is 5.92 Å². The summed E-state index contributed by atoms with van der Waals surface area (Å²) in [6.45, 7) is 5.31. The minimum atomic E-state index is -1.39. The van der Waals surface area contributed by atoms with Crippen LogP contribution in [0.3, 0.4) is 0 Å². The lowest BCUT2D eigenvalue weighted by molar-refractivity contribution is -0.326. The first-order valence-corrected chi connectivity index (χ1v) is 15.5. The Morgan fingerprint density at radius 2 is 1.52 bits per heavy atom. The van der Waals surface area contributed by atoms with Crippen molar-refractivity contribution in [1.82, 2.24) is 0 Å². The molecule has 5 atom stereocenters. The second-order valence-electron chi connectivity index (χ2n) is 11.5. The van der Waals surface area contributed by atoms with E-state index in [1.165, 1.54) is 0 Å². The minimum absolute atomic E-state index is 0.0882. The number of fused-ring (bicyclic) bond motifs is 2. The van der Waals surface area contributed by atoms with Crippen molar-refractivity contribution in [3.05, 3.63) is 136 Å². The Balaban J connectivity index is 1.37. The molecule has 0 spiro atoms. The number of carbonyl (C=O) groups excluding carboxylic acids is 1. The van der Waals surface area contributed by atoms with Crippen molar-refractivity contribution in [2.75, 3.05) is 13.2 Å². The molecule has 44 heavy (non-hydrogen) atoms. The molecule has 0 aromatic heterocycles. The van der Waals surface area contributed by atoms with Crippen LogP contribution >= 0.6 is 11.6 Å². The smallest absolute Gasteiger partial charge is 0.225 e. The lowest BCUT2D eigenvalue weighted by atomic mass is 9.78. The standard InChI is InChI=1S/C37H37ClO6/c1-3-40-32-17-14-27(15-18-32)20-30-21-31(16-19-33(30)38)37-35(42-23-29-12-8-5-9-13-29)34(41-22-28-10-6-4-7-11-28)26(2)36(24-39,44-37)25-43-37/h4-19,21,24,26,34-35H,3,20,22-23,25H2,1-2H3/t26-,34-,35+,36-,37-/m0/s1. The quantitative estimate of drug-likeness (QED) is 0.157. The van der Waals surface area contributed by atoms with Crippen molar-refractivity contribution in [1.29, 1.82) is 0 Å². The minimum Gasteiger partial charge on any atom is -0.494 e. The molecule has 0 saturated carbocycles. The molecule has 0 N–H and O–H groups in total. The average Bonchev–Trinajstić information content (AvgIpc) is 3.43. The van der Waals surface area contributed by atoms with Gasteiger partial charge in [0, 0.05) is 16.5 Å². The predicted octanol–water partition coefficient (Wildman–Crippen LogP) is 7.29. The van der Waals surface area contributed by atoms with Crippen LogP contribution in [0.4, 0.5) is 0 Å². The van der Waals surface area contributed by atoms with Gasteiger partial charge < -0.3 is 28.5 Å². The third-order valence-electron chi connectivity index (χ3n) is 8.62. The van der Waals surface area contributed by atoms with Gasteiger partial charge in [0.25, 0.3) is 0 Å². The normalized spacial score (nSPS) is 25.9. The summed E-state index contributed by atoms with van der Waals surface area (Å²) in [5.74, 6) is -0.901. The summed E-state index contributed by atoms with van der Waals surface area (Å²) in [4.78, 5) is 12.7. The maximum atomic E-state index is 12.7. The summed E-state index contributed by atoms with van der Waals surface area (Å²) < 4.78 is 32.3. The Kier molecular flexibility index (Phi) is 9.17. The van der Waals surface area contributed by atoms with E-state index in [0.717, 1.165) is 39.9 Å². The van der Waals surface area contributed by atoms with Crippen LogP contribution in [-0.4, -0.2) is 37.3 Å². The van der Waals surface area contributed by atoms with E-state index in [1.807, 2.05) is 117 Å². The molecule has 4 aromatic carbocycles. The maximum Gasteiger partial charge on any atom is 0.225 e. The first-order valence-electron chi connectivity index (χ1n) is 15.1. The van der Waals surface area contributed by atoms with Gasteiger partial charge in [0.1, 0.15) is 11.9 Å². The molecular formula is C37H37ClO6. The lowest BCUT2D eigenvalue weighted by Gasteiger charge is -2.49. The second-order valence-corrected chi connectivity index (χ2v) is 11.9. The van der Waals surface area contributed by atoms with Crippen molar-refractivity contribution in [3.63, 3.8) is 0 Å². The highest BCUT2D eigenvalue weighted by molar-refractivity contribution is 6.31. The van der Waals surface area contributed by atoms with Gasteiger partial charge in [-0.2, -0.15) is 0 Å². The summed E-state index contributed by atoms with van der Waals surface area (Å²) in [5.41, 5.74) is 3.56. The van der Waals surface area contributed by atoms with Crippen LogP contribution in [0, 0.1) is 5.92 Å². The predicted molar refractivity (Wildman–Crippen MR) is 169 cm³/mol. The van der Waals surface area contributed by atoms with Crippen molar-refractivity contribution < 1.29 is 28.5 Å². The van der Waals surface area contributed by atoms with E-state index in [1.54, 1.807) is 0 Å². The van der Waals surface area contributed by atoms with Crippen LogP contribution < -0.4 is 4.74 Å². The van der Waals surface area contributed by atoms with Crippen LogP contribution in [0.15, 0.2) is 103 Å². The zero-order valence-corrected chi connectivity index (χ0v) is 25.7. The highest BCUT2D eigenvalue weighted by Crippen LogP contribution is 2.53. The number of ether oxygens (including phenoxy) is 5. The van der Waals surface area contributed by atoms with E-state index in [4.69, 9.17) is 35.3 Å². The van der Waals surface area contributed by atoms with Gasteiger partial charge in [-0.25, -0.2) is 0 Å². The fourth-order valence-electron chi connectivity index (χ4n) is 6.13. The monoisotopic (exact) mass is 612 g/mol. The van der Waals surface area contributed by atoms with E-state index in [9.17, 15) is 4.79 Å². The summed E-state index contributed by atoms with van der Waals surface area (Å²) in [6, 6.07) is 33.7. The average molecular weight is 613 g/mol.